The molecule has 1 aromatic rings. The minimum Gasteiger partial charge on any atom is -0.398 e. The van der Waals surface area contributed by atoms with Crippen LogP contribution in [0.3, 0.4) is 0 Å². The van der Waals surface area contributed by atoms with Crippen molar-refractivity contribution in [3.05, 3.63) is 23.8 Å². The molecule has 84 valence electrons. The summed E-state index contributed by atoms with van der Waals surface area (Å²) < 4.78 is 0. The number of hydrogen-bond donors (Lipinski definition) is 2. The van der Waals surface area contributed by atoms with Gasteiger partial charge in [0.1, 0.15) is 6.07 Å². The van der Waals surface area contributed by atoms with Crippen molar-refractivity contribution in [3.63, 3.8) is 0 Å². The van der Waals surface area contributed by atoms with Crippen molar-refractivity contribution in [2.45, 2.75) is 18.9 Å². The Morgan fingerprint density at radius 1 is 1.38 bits per heavy atom. The maximum absolute atomic E-state index is 9.42. The summed E-state index contributed by atoms with van der Waals surface area (Å²) in [6, 6.07) is 7.53. The number of nitrogens with two attached hydrogens (primary N) is 1. The summed E-state index contributed by atoms with van der Waals surface area (Å²) in [6.07, 6.45) is 1.41. The van der Waals surface area contributed by atoms with E-state index in [1.807, 2.05) is 18.2 Å². The standard InChI is InChI=1S/C12H15N3O/c13-8-9-1-2-10(7-12(9)14)15-5-3-11(16)4-6-15/h1-2,7,11,16H,3-6,14H2. The number of nitriles is 1. The second-order valence-corrected chi connectivity index (χ2v) is 4.10. The van der Waals surface area contributed by atoms with Crippen LogP contribution in [0.1, 0.15) is 18.4 Å². The molecule has 0 atom stereocenters. The first kappa shape index (κ1) is 10.8. The average Bonchev–Trinajstić information content (AvgIpc) is 2.30. The highest BCUT2D eigenvalue weighted by atomic mass is 16.3. The Morgan fingerprint density at radius 3 is 2.62 bits per heavy atom. The van der Waals surface area contributed by atoms with Gasteiger partial charge in [0.25, 0.3) is 0 Å². The first-order chi connectivity index (χ1) is 7.70. The molecule has 0 aliphatic carbocycles. The Hall–Kier alpha value is -1.73. The van der Waals surface area contributed by atoms with Gasteiger partial charge < -0.3 is 15.7 Å². The average molecular weight is 217 g/mol. The number of nitrogens with zero attached hydrogens (tertiary/aromatic N) is 2. The molecule has 1 aliphatic heterocycles. The lowest BCUT2D eigenvalue weighted by Gasteiger charge is -2.31. The van der Waals surface area contributed by atoms with Gasteiger partial charge in [-0.1, -0.05) is 0 Å². The lowest BCUT2D eigenvalue weighted by molar-refractivity contribution is 0.145. The Bertz CT molecular complexity index is 417. The highest BCUT2D eigenvalue weighted by Crippen LogP contribution is 2.24. The normalized spacial score (nSPS) is 17.1. The molecule has 1 heterocycles. The zero-order valence-corrected chi connectivity index (χ0v) is 9.06. The first-order valence-corrected chi connectivity index (χ1v) is 5.43. The van der Waals surface area contributed by atoms with Crippen LogP contribution >= 0.6 is 0 Å². The molecule has 0 unspecified atom stereocenters. The van der Waals surface area contributed by atoms with Gasteiger partial charge >= 0.3 is 0 Å². The van der Waals surface area contributed by atoms with Crippen molar-refractivity contribution in [2.75, 3.05) is 23.7 Å². The van der Waals surface area contributed by atoms with E-state index in [9.17, 15) is 5.11 Å². The minimum absolute atomic E-state index is 0.174. The highest BCUT2D eigenvalue weighted by Gasteiger charge is 2.17. The summed E-state index contributed by atoms with van der Waals surface area (Å²) in [5.74, 6) is 0. The molecule has 0 aromatic heterocycles. The van der Waals surface area contributed by atoms with Crippen LogP contribution in [0, 0.1) is 11.3 Å². The number of nitrogen functional groups attached to an aromatic ring is 1. The lowest BCUT2D eigenvalue weighted by atomic mass is 10.1. The van der Waals surface area contributed by atoms with Gasteiger partial charge in [0.05, 0.1) is 17.4 Å². The van der Waals surface area contributed by atoms with Crippen LogP contribution in [0.4, 0.5) is 11.4 Å². The molecule has 0 spiro atoms. The molecule has 0 amide bonds. The maximum atomic E-state index is 9.42. The summed E-state index contributed by atoms with van der Waals surface area (Å²) in [4.78, 5) is 2.18. The number of aliphatic hydroxyl groups is 1. The predicted octanol–water partition coefficient (Wildman–Crippen LogP) is 1.10. The SMILES string of the molecule is N#Cc1ccc(N2CCC(O)CC2)cc1N. The zero-order chi connectivity index (χ0) is 11.5. The molecule has 4 nitrogen and oxygen atoms in total. The smallest absolute Gasteiger partial charge is 0.101 e. The molecule has 1 fully saturated rings. The van der Waals surface area contributed by atoms with Crippen LogP contribution in [0.25, 0.3) is 0 Å². The number of rotatable bonds is 1. The Morgan fingerprint density at radius 2 is 2.06 bits per heavy atom. The van der Waals surface area contributed by atoms with Gasteiger partial charge in [-0.05, 0) is 31.0 Å². The van der Waals surface area contributed by atoms with Gasteiger partial charge in [-0.3, -0.25) is 0 Å². The van der Waals surface area contributed by atoms with Crippen molar-refractivity contribution in [3.8, 4) is 6.07 Å². The number of hydrogen-bond acceptors (Lipinski definition) is 4. The second kappa shape index (κ2) is 4.42. The van der Waals surface area contributed by atoms with E-state index in [0.717, 1.165) is 31.6 Å². The van der Waals surface area contributed by atoms with Gasteiger partial charge in [0.2, 0.25) is 0 Å². The molecule has 3 N–H and O–H groups in total. The van der Waals surface area contributed by atoms with E-state index in [0.29, 0.717) is 11.3 Å². The van der Waals surface area contributed by atoms with E-state index in [1.165, 1.54) is 0 Å². The van der Waals surface area contributed by atoms with Crippen LogP contribution in [0.15, 0.2) is 18.2 Å². The Labute approximate surface area is 94.9 Å². The fourth-order valence-corrected chi connectivity index (χ4v) is 1.97. The number of anilines is 2. The van der Waals surface area contributed by atoms with E-state index in [1.54, 1.807) is 6.07 Å². The van der Waals surface area contributed by atoms with Crippen LogP contribution in [0.2, 0.25) is 0 Å². The third-order valence-electron chi connectivity index (χ3n) is 2.99. The topological polar surface area (TPSA) is 73.3 Å². The van der Waals surface area contributed by atoms with E-state index < -0.39 is 0 Å². The molecule has 16 heavy (non-hydrogen) atoms. The van der Waals surface area contributed by atoms with Crippen molar-refractivity contribution >= 4 is 11.4 Å². The molecule has 1 aliphatic rings. The molecule has 4 heteroatoms. The number of benzene rings is 1. The number of piperidine rings is 1. The molecule has 0 bridgehead atoms. The third kappa shape index (κ3) is 2.10. The fraction of sp³-hybridized carbons (Fsp3) is 0.417. The van der Waals surface area contributed by atoms with Gasteiger partial charge in [0.15, 0.2) is 0 Å². The first-order valence-electron chi connectivity index (χ1n) is 5.43. The molecular formula is C12H15N3O. The van der Waals surface area contributed by atoms with Crippen LogP contribution in [0.5, 0.6) is 0 Å². The quantitative estimate of drug-likeness (QED) is 0.691. The summed E-state index contributed by atoms with van der Waals surface area (Å²) in [6.45, 7) is 1.68. The molecule has 0 radical (unpaired) electrons. The van der Waals surface area contributed by atoms with E-state index in [-0.39, 0.29) is 6.10 Å². The van der Waals surface area contributed by atoms with Gasteiger partial charge in [-0.25, -0.2) is 0 Å². The van der Waals surface area contributed by atoms with Crippen molar-refractivity contribution in [1.82, 2.24) is 0 Å². The van der Waals surface area contributed by atoms with E-state index in [4.69, 9.17) is 11.0 Å². The highest BCUT2D eigenvalue weighted by molar-refractivity contribution is 5.63. The predicted molar refractivity (Wildman–Crippen MR) is 63.0 cm³/mol. The van der Waals surface area contributed by atoms with Crippen molar-refractivity contribution in [1.29, 1.82) is 5.26 Å². The number of aliphatic hydroxyl groups excluding tert-OH is 1. The summed E-state index contributed by atoms with van der Waals surface area (Å²) >= 11 is 0. The van der Waals surface area contributed by atoms with Crippen LogP contribution in [-0.2, 0) is 0 Å². The lowest BCUT2D eigenvalue weighted by Crippen LogP contribution is -2.35. The van der Waals surface area contributed by atoms with E-state index >= 15 is 0 Å². The summed E-state index contributed by atoms with van der Waals surface area (Å²) in [5.41, 5.74) is 7.83. The van der Waals surface area contributed by atoms with Crippen molar-refractivity contribution < 1.29 is 5.11 Å². The van der Waals surface area contributed by atoms with Crippen LogP contribution in [-0.4, -0.2) is 24.3 Å². The minimum atomic E-state index is -0.174. The third-order valence-corrected chi connectivity index (χ3v) is 2.99. The molecular weight excluding hydrogens is 202 g/mol. The maximum Gasteiger partial charge on any atom is 0.101 e. The summed E-state index contributed by atoms with van der Waals surface area (Å²) in [7, 11) is 0. The van der Waals surface area contributed by atoms with Gasteiger partial charge in [0, 0.05) is 18.8 Å². The molecule has 1 saturated heterocycles. The van der Waals surface area contributed by atoms with Gasteiger partial charge in [-0.2, -0.15) is 5.26 Å². The molecule has 2 rings (SSSR count). The largest absolute Gasteiger partial charge is 0.398 e. The van der Waals surface area contributed by atoms with Gasteiger partial charge in [-0.15, -0.1) is 0 Å². The van der Waals surface area contributed by atoms with E-state index in [2.05, 4.69) is 4.90 Å². The fourth-order valence-electron chi connectivity index (χ4n) is 1.97. The molecule has 0 saturated carbocycles. The second-order valence-electron chi connectivity index (χ2n) is 4.10. The van der Waals surface area contributed by atoms with Crippen molar-refractivity contribution in [2.24, 2.45) is 0 Å². The molecule has 1 aromatic carbocycles. The summed E-state index contributed by atoms with van der Waals surface area (Å²) in [5, 5.41) is 18.2. The zero-order valence-electron chi connectivity index (χ0n) is 9.06. The van der Waals surface area contributed by atoms with Crippen LogP contribution < -0.4 is 10.6 Å². The Balaban J connectivity index is 2.16. The Kier molecular flexibility index (Phi) is 2.97. The monoisotopic (exact) mass is 217 g/mol.